The van der Waals surface area contributed by atoms with Crippen molar-refractivity contribution in [1.82, 2.24) is 14.3 Å². The Bertz CT molecular complexity index is 1590. The first-order chi connectivity index (χ1) is 19.0. The van der Waals surface area contributed by atoms with Gasteiger partial charge in [-0.25, -0.2) is 18.3 Å². The van der Waals surface area contributed by atoms with Crippen molar-refractivity contribution in [2.75, 3.05) is 18.0 Å². The van der Waals surface area contributed by atoms with Crippen molar-refractivity contribution in [3.8, 4) is 5.69 Å². The number of anilines is 1. The van der Waals surface area contributed by atoms with Gasteiger partial charge in [0, 0.05) is 43.3 Å². The van der Waals surface area contributed by atoms with Crippen LogP contribution in [0.4, 0.5) is 27.6 Å². The molecule has 4 aromatic rings. The molecule has 3 heterocycles. The van der Waals surface area contributed by atoms with Crippen molar-refractivity contribution < 1.29 is 31.9 Å². The average molecular weight is 559 g/mol. The van der Waals surface area contributed by atoms with Crippen LogP contribution in [0.25, 0.3) is 16.6 Å². The number of aromatic nitrogens is 3. The van der Waals surface area contributed by atoms with Gasteiger partial charge in [0.25, 0.3) is 6.43 Å². The number of rotatable bonds is 5. The summed E-state index contributed by atoms with van der Waals surface area (Å²) < 4.78 is 71.9. The fourth-order valence-corrected chi connectivity index (χ4v) is 6.60. The molecule has 1 saturated heterocycles. The molecule has 2 aliphatic rings. The van der Waals surface area contributed by atoms with Crippen molar-refractivity contribution >= 4 is 22.6 Å². The first-order valence-corrected chi connectivity index (χ1v) is 13.1. The number of carbonyl (C=O) groups is 1. The van der Waals surface area contributed by atoms with Crippen molar-refractivity contribution in [1.29, 1.82) is 0 Å². The number of aryl methyl sites for hydroxylation is 1. The van der Waals surface area contributed by atoms with Gasteiger partial charge in [-0.3, -0.25) is 0 Å². The summed E-state index contributed by atoms with van der Waals surface area (Å²) in [5, 5.41) is 14.1. The standard InChI is InChI=1S/C29H27F5N4O2/c1-36-16-21(27(39)40)19-7-6-18(12-24(19)36)37-10-8-28(9-11-37)13-17(14-28)25-20(26(30)31)15-35-38(25)23-5-3-2-4-22(23)29(32,33)34/h2-7,12,15-17,26H,8-11,13-14H2,1H3,(H,39,40). The van der Waals surface area contributed by atoms with Crippen LogP contribution in [0.1, 0.15) is 65.2 Å². The molecule has 40 heavy (non-hydrogen) atoms. The summed E-state index contributed by atoms with van der Waals surface area (Å²) in [5.74, 6) is -1.29. The molecule has 11 heteroatoms. The molecule has 0 amide bonds. The fourth-order valence-electron chi connectivity index (χ4n) is 6.60. The van der Waals surface area contributed by atoms with Crippen LogP contribution in [-0.2, 0) is 13.2 Å². The fraction of sp³-hybridized carbons (Fsp3) is 0.379. The molecule has 1 N–H and O–H groups in total. The maximum absolute atomic E-state index is 14.0. The van der Waals surface area contributed by atoms with E-state index in [1.807, 2.05) is 25.2 Å². The molecule has 0 atom stereocenters. The zero-order valence-corrected chi connectivity index (χ0v) is 21.6. The van der Waals surface area contributed by atoms with Crippen LogP contribution in [0.5, 0.6) is 0 Å². The lowest BCUT2D eigenvalue weighted by atomic mass is 9.56. The number of piperidine rings is 1. The molecule has 6 rings (SSSR count). The summed E-state index contributed by atoms with van der Waals surface area (Å²) in [7, 11) is 1.81. The van der Waals surface area contributed by atoms with Crippen LogP contribution in [-0.4, -0.2) is 38.5 Å². The minimum Gasteiger partial charge on any atom is -0.478 e. The molecule has 0 unspecified atom stereocenters. The zero-order chi connectivity index (χ0) is 28.4. The Morgan fingerprint density at radius 2 is 1.80 bits per heavy atom. The van der Waals surface area contributed by atoms with Gasteiger partial charge >= 0.3 is 12.1 Å². The number of para-hydroxylation sites is 1. The smallest absolute Gasteiger partial charge is 0.418 e. The maximum atomic E-state index is 14.0. The second kappa shape index (κ2) is 9.35. The number of hydrogen-bond acceptors (Lipinski definition) is 3. The summed E-state index contributed by atoms with van der Waals surface area (Å²) in [6.45, 7) is 1.48. The van der Waals surface area contributed by atoms with E-state index in [1.165, 1.54) is 18.2 Å². The maximum Gasteiger partial charge on any atom is 0.418 e. The molecule has 0 bridgehead atoms. The molecular formula is C29H27F5N4O2. The highest BCUT2D eigenvalue weighted by Crippen LogP contribution is 2.58. The molecule has 1 aliphatic carbocycles. The van der Waals surface area contributed by atoms with Gasteiger partial charge in [-0.2, -0.15) is 18.3 Å². The van der Waals surface area contributed by atoms with E-state index >= 15 is 0 Å². The second-order valence-corrected chi connectivity index (χ2v) is 11.0. The van der Waals surface area contributed by atoms with Gasteiger partial charge in [-0.05, 0) is 61.4 Å². The lowest BCUT2D eigenvalue weighted by Gasteiger charge is -2.53. The highest BCUT2D eigenvalue weighted by molar-refractivity contribution is 6.04. The second-order valence-electron chi connectivity index (χ2n) is 11.0. The van der Waals surface area contributed by atoms with Gasteiger partial charge < -0.3 is 14.6 Å². The van der Waals surface area contributed by atoms with E-state index in [1.54, 1.807) is 10.8 Å². The first-order valence-electron chi connectivity index (χ1n) is 13.1. The largest absolute Gasteiger partial charge is 0.478 e. The van der Waals surface area contributed by atoms with Gasteiger partial charge in [0.05, 0.1) is 39.8 Å². The van der Waals surface area contributed by atoms with Crippen molar-refractivity contribution in [3.63, 3.8) is 0 Å². The summed E-state index contributed by atoms with van der Waals surface area (Å²) in [4.78, 5) is 13.8. The van der Waals surface area contributed by atoms with Gasteiger partial charge in [-0.15, -0.1) is 0 Å². The van der Waals surface area contributed by atoms with Gasteiger partial charge in [0.15, 0.2) is 0 Å². The van der Waals surface area contributed by atoms with E-state index in [4.69, 9.17) is 0 Å². The summed E-state index contributed by atoms with van der Waals surface area (Å²) in [6, 6.07) is 10.7. The highest BCUT2D eigenvalue weighted by Gasteiger charge is 2.49. The first kappa shape index (κ1) is 26.3. The number of hydrogen-bond donors (Lipinski definition) is 1. The number of aromatic carboxylic acids is 1. The van der Waals surface area contributed by atoms with E-state index in [0.29, 0.717) is 18.2 Å². The third-order valence-corrected chi connectivity index (χ3v) is 8.65. The normalized spacial score (nSPS) is 17.6. The van der Waals surface area contributed by atoms with Gasteiger partial charge in [-0.1, -0.05) is 12.1 Å². The van der Waals surface area contributed by atoms with Crippen molar-refractivity contribution in [3.05, 3.63) is 77.2 Å². The molecular weight excluding hydrogens is 531 g/mol. The number of fused-ring (bicyclic) bond motifs is 1. The van der Waals surface area contributed by atoms with Crippen LogP contribution in [0.3, 0.4) is 0 Å². The Kier molecular flexibility index (Phi) is 6.15. The number of alkyl halides is 5. The van der Waals surface area contributed by atoms with E-state index in [9.17, 15) is 31.9 Å². The Balaban J connectivity index is 1.21. The van der Waals surface area contributed by atoms with E-state index in [2.05, 4.69) is 10.00 Å². The SMILES string of the molecule is Cn1cc(C(=O)O)c2ccc(N3CCC4(CC3)CC(c3c(C(F)F)cnn3-c3ccccc3C(F)(F)F)C4)cc21. The molecule has 1 spiro atoms. The van der Waals surface area contributed by atoms with E-state index in [-0.39, 0.29) is 33.8 Å². The lowest BCUT2D eigenvalue weighted by molar-refractivity contribution is -0.137. The quantitative estimate of drug-likeness (QED) is 0.264. The van der Waals surface area contributed by atoms with Crippen LogP contribution in [0.15, 0.2) is 54.9 Å². The molecule has 210 valence electrons. The third kappa shape index (κ3) is 4.31. The Morgan fingerprint density at radius 3 is 2.45 bits per heavy atom. The molecule has 6 nitrogen and oxygen atoms in total. The molecule has 2 aromatic heterocycles. The summed E-state index contributed by atoms with van der Waals surface area (Å²) >= 11 is 0. The molecule has 2 aromatic carbocycles. The van der Waals surface area contributed by atoms with Crippen LogP contribution < -0.4 is 4.90 Å². The molecule has 2 fully saturated rings. The Hall–Kier alpha value is -3.89. The summed E-state index contributed by atoms with van der Waals surface area (Å²) in [5.41, 5.74) is 0.702. The number of benzene rings is 2. The Morgan fingerprint density at radius 1 is 1.10 bits per heavy atom. The Labute approximate surface area is 226 Å². The number of nitrogens with zero attached hydrogens (tertiary/aromatic N) is 4. The van der Waals surface area contributed by atoms with Gasteiger partial charge in [0.2, 0.25) is 0 Å². The molecule has 1 saturated carbocycles. The topological polar surface area (TPSA) is 63.3 Å². The minimum atomic E-state index is -4.64. The van der Waals surface area contributed by atoms with Crippen molar-refractivity contribution in [2.45, 2.75) is 44.2 Å². The predicted octanol–water partition coefficient (Wildman–Crippen LogP) is 7.18. The minimum absolute atomic E-state index is 0.0647. The lowest BCUT2D eigenvalue weighted by Crippen LogP contribution is -2.47. The third-order valence-electron chi connectivity index (χ3n) is 8.65. The van der Waals surface area contributed by atoms with E-state index in [0.717, 1.165) is 54.1 Å². The zero-order valence-electron chi connectivity index (χ0n) is 21.6. The average Bonchev–Trinajstić information content (AvgIpc) is 3.48. The van der Waals surface area contributed by atoms with Crippen molar-refractivity contribution in [2.24, 2.45) is 12.5 Å². The molecule has 1 aliphatic heterocycles. The number of halogens is 5. The van der Waals surface area contributed by atoms with E-state index < -0.39 is 24.1 Å². The van der Waals surface area contributed by atoms with Crippen LogP contribution >= 0.6 is 0 Å². The van der Waals surface area contributed by atoms with Crippen LogP contribution in [0, 0.1) is 5.41 Å². The monoisotopic (exact) mass is 558 g/mol. The highest BCUT2D eigenvalue weighted by atomic mass is 19.4. The summed E-state index contributed by atoms with van der Waals surface area (Å²) in [6.07, 6.45) is -2.01. The number of carboxylic acid groups (broad SMARTS) is 1. The van der Waals surface area contributed by atoms with Gasteiger partial charge in [0.1, 0.15) is 0 Å². The van der Waals surface area contributed by atoms with Crippen LogP contribution in [0.2, 0.25) is 0 Å². The number of carboxylic acids is 1. The predicted molar refractivity (Wildman–Crippen MR) is 139 cm³/mol. The molecule has 0 radical (unpaired) electrons.